The maximum Gasteiger partial charge on any atom is 0.234 e. The van der Waals surface area contributed by atoms with Crippen LogP contribution in [0.4, 0.5) is 0 Å². The first-order valence-corrected chi connectivity index (χ1v) is 6.01. The van der Waals surface area contributed by atoms with E-state index >= 15 is 0 Å². The summed E-state index contributed by atoms with van der Waals surface area (Å²) in [7, 11) is 0. The SMILES string of the molecule is CC(C)c1cccc([C@@H]2CCC(=O)NC2=O)c1. The standard InChI is InChI=1S/C14H17NO2/c1-9(2)10-4-3-5-11(8-10)12-6-7-13(16)15-14(12)17/h3-5,8-9,12H,6-7H2,1-2H3,(H,15,16,17)/t12-/m0/s1. The van der Waals surface area contributed by atoms with Crippen molar-refractivity contribution in [2.75, 3.05) is 0 Å². The summed E-state index contributed by atoms with van der Waals surface area (Å²) in [6.45, 7) is 4.26. The largest absolute Gasteiger partial charge is 0.296 e. The molecule has 0 aliphatic carbocycles. The molecule has 1 aliphatic rings. The zero-order valence-electron chi connectivity index (χ0n) is 10.2. The predicted octanol–water partition coefficient (Wildman–Crippen LogP) is 2.33. The van der Waals surface area contributed by atoms with Crippen molar-refractivity contribution in [3.8, 4) is 0 Å². The number of rotatable bonds is 2. The third kappa shape index (κ3) is 2.54. The Hall–Kier alpha value is -1.64. The molecule has 1 aromatic rings. The number of imide groups is 1. The molecule has 1 atom stereocenters. The van der Waals surface area contributed by atoms with Gasteiger partial charge in [0.1, 0.15) is 0 Å². The average Bonchev–Trinajstić information content (AvgIpc) is 2.29. The molecule has 0 radical (unpaired) electrons. The Kier molecular flexibility index (Phi) is 3.27. The van der Waals surface area contributed by atoms with Gasteiger partial charge in [0.2, 0.25) is 11.8 Å². The first-order chi connectivity index (χ1) is 8.08. The fraction of sp³-hybridized carbons (Fsp3) is 0.429. The molecule has 2 rings (SSSR count). The van der Waals surface area contributed by atoms with Gasteiger partial charge >= 0.3 is 0 Å². The summed E-state index contributed by atoms with van der Waals surface area (Å²) in [5.74, 6) is -0.0527. The number of carbonyl (C=O) groups excluding carboxylic acids is 2. The Morgan fingerprint density at radius 2 is 2.06 bits per heavy atom. The van der Waals surface area contributed by atoms with Crippen molar-refractivity contribution in [3.63, 3.8) is 0 Å². The van der Waals surface area contributed by atoms with Gasteiger partial charge in [0, 0.05) is 6.42 Å². The number of piperidine rings is 1. The summed E-state index contributed by atoms with van der Waals surface area (Å²) in [5, 5.41) is 2.40. The van der Waals surface area contributed by atoms with Gasteiger partial charge in [-0.15, -0.1) is 0 Å². The summed E-state index contributed by atoms with van der Waals surface area (Å²) in [4.78, 5) is 22.8. The van der Waals surface area contributed by atoms with E-state index in [4.69, 9.17) is 0 Å². The van der Waals surface area contributed by atoms with Crippen molar-refractivity contribution in [1.82, 2.24) is 5.32 Å². The minimum absolute atomic E-state index is 0.161. The van der Waals surface area contributed by atoms with Gasteiger partial charge in [0.15, 0.2) is 0 Å². The molecule has 3 nitrogen and oxygen atoms in total. The van der Waals surface area contributed by atoms with E-state index in [1.807, 2.05) is 12.1 Å². The first-order valence-electron chi connectivity index (χ1n) is 6.01. The Morgan fingerprint density at radius 1 is 1.29 bits per heavy atom. The predicted molar refractivity (Wildman–Crippen MR) is 65.7 cm³/mol. The van der Waals surface area contributed by atoms with Gasteiger partial charge in [-0.1, -0.05) is 38.1 Å². The smallest absolute Gasteiger partial charge is 0.234 e. The molecule has 1 aliphatic heterocycles. The summed E-state index contributed by atoms with van der Waals surface area (Å²) < 4.78 is 0. The van der Waals surface area contributed by atoms with Crippen LogP contribution in [0.15, 0.2) is 24.3 Å². The van der Waals surface area contributed by atoms with Crippen molar-refractivity contribution in [1.29, 1.82) is 0 Å². The highest BCUT2D eigenvalue weighted by atomic mass is 16.2. The van der Waals surface area contributed by atoms with Crippen LogP contribution < -0.4 is 5.32 Å². The van der Waals surface area contributed by atoms with Gasteiger partial charge in [-0.3, -0.25) is 14.9 Å². The first kappa shape index (κ1) is 11.8. The Labute approximate surface area is 101 Å². The summed E-state index contributed by atoms with van der Waals surface area (Å²) in [6.07, 6.45) is 1.05. The molecular formula is C14H17NO2. The molecule has 17 heavy (non-hydrogen) atoms. The van der Waals surface area contributed by atoms with Gasteiger partial charge in [-0.2, -0.15) is 0 Å². The van der Waals surface area contributed by atoms with Gasteiger partial charge in [0.25, 0.3) is 0 Å². The van der Waals surface area contributed by atoms with E-state index in [1.54, 1.807) is 0 Å². The molecule has 1 saturated heterocycles. The average molecular weight is 231 g/mol. The van der Waals surface area contributed by atoms with Crippen molar-refractivity contribution in [3.05, 3.63) is 35.4 Å². The maximum absolute atomic E-state index is 11.8. The monoisotopic (exact) mass is 231 g/mol. The van der Waals surface area contributed by atoms with Crippen molar-refractivity contribution >= 4 is 11.8 Å². The molecule has 1 heterocycles. The molecule has 3 heteroatoms. The zero-order valence-corrected chi connectivity index (χ0v) is 10.2. The van der Waals surface area contributed by atoms with E-state index in [-0.39, 0.29) is 17.7 Å². The topological polar surface area (TPSA) is 46.2 Å². The van der Waals surface area contributed by atoms with Gasteiger partial charge in [-0.25, -0.2) is 0 Å². The Bertz CT molecular complexity index is 451. The van der Waals surface area contributed by atoms with E-state index in [9.17, 15) is 9.59 Å². The molecule has 1 fully saturated rings. The molecule has 0 aromatic heterocycles. The number of hydrogen-bond donors (Lipinski definition) is 1. The molecule has 0 bridgehead atoms. The second-order valence-corrected chi connectivity index (χ2v) is 4.83. The van der Waals surface area contributed by atoms with E-state index in [1.165, 1.54) is 5.56 Å². The highest BCUT2D eigenvalue weighted by Gasteiger charge is 2.27. The molecule has 1 N–H and O–H groups in total. The third-order valence-electron chi connectivity index (χ3n) is 3.22. The van der Waals surface area contributed by atoms with Crippen LogP contribution in [0, 0.1) is 0 Å². The summed E-state index contributed by atoms with van der Waals surface area (Å²) >= 11 is 0. The molecule has 0 saturated carbocycles. The lowest BCUT2D eigenvalue weighted by atomic mass is 9.88. The van der Waals surface area contributed by atoms with Crippen LogP contribution in [0.2, 0.25) is 0 Å². The normalized spacial score (nSPS) is 20.5. The molecule has 90 valence electrons. The highest BCUT2D eigenvalue weighted by Crippen LogP contribution is 2.27. The van der Waals surface area contributed by atoms with E-state index in [0.717, 1.165) is 5.56 Å². The van der Waals surface area contributed by atoms with Crippen LogP contribution in [-0.2, 0) is 9.59 Å². The zero-order chi connectivity index (χ0) is 12.4. The van der Waals surface area contributed by atoms with Crippen LogP contribution in [0.5, 0.6) is 0 Å². The highest BCUT2D eigenvalue weighted by molar-refractivity contribution is 6.00. The van der Waals surface area contributed by atoms with Crippen molar-refractivity contribution in [2.45, 2.75) is 38.5 Å². The number of benzene rings is 1. The number of carbonyl (C=O) groups is 2. The van der Waals surface area contributed by atoms with Crippen LogP contribution in [0.25, 0.3) is 0 Å². The summed E-state index contributed by atoms with van der Waals surface area (Å²) in [5.41, 5.74) is 2.24. The van der Waals surface area contributed by atoms with Crippen molar-refractivity contribution < 1.29 is 9.59 Å². The number of amides is 2. The van der Waals surface area contributed by atoms with E-state index < -0.39 is 0 Å². The fourth-order valence-electron chi connectivity index (χ4n) is 2.15. The minimum atomic E-state index is -0.175. The molecule has 1 aromatic carbocycles. The Morgan fingerprint density at radius 3 is 2.71 bits per heavy atom. The van der Waals surface area contributed by atoms with Gasteiger partial charge in [0.05, 0.1) is 5.92 Å². The van der Waals surface area contributed by atoms with E-state index in [2.05, 4.69) is 31.3 Å². The quantitative estimate of drug-likeness (QED) is 0.794. The number of nitrogens with one attached hydrogen (secondary N) is 1. The van der Waals surface area contributed by atoms with Crippen LogP contribution in [0.1, 0.15) is 49.7 Å². The fourth-order valence-corrected chi connectivity index (χ4v) is 2.15. The van der Waals surface area contributed by atoms with Crippen LogP contribution in [-0.4, -0.2) is 11.8 Å². The molecular weight excluding hydrogens is 214 g/mol. The lowest BCUT2D eigenvalue weighted by molar-refractivity contribution is -0.134. The molecule has 0 unspecified atom stereocenters. The lowest BCUT2D eigenvalue weighted by Gasteiger charge is -2.21. The molecule has 2 amide bonds. The van der Waals surface area contributed by atoms with Gasteiger partial charge in [-0.05, 0) is 23.5 Å². The number of hydrogen-bond acceptors (Lipinski definition) is 2. The lowest BCUT2D eigenvalue weighted by Crippen LogP contribution is -2.39. The second-order valence-electron chi connectivity index (χ2n) is 4.83. The second kappa shape index (κ2) is 4.70. The van der Waals surface area contributed by atoms with Crippen LogP contribution >= 0.6 is 0 Å². The Balaban J connectivity index is 2.25. The third-order valence-corrected chi connectivity index (χ3v) is 3.22. The van der Waals surface area contributed by atoms with Crippen molar-refractivity contribution in [2.24, 2.45) is 0 Å². The maximum atomic E-state index is 11.8. The van der Waals surface area contributed by atoms with E-state index in [0.29, 0.717) is 18.8 Å². The van der Waals surface area contributed by atoms with Crippen LogP contribution in [0.3, 0.4) is 0 Å². The van der Waals surface area contributed by atoms with Gasteiger partial charge < -0.3 is 0 Å². The summed E-state index contributed by atoms with van der Waals surface area (Å²) in [6, 6.07) is 8.09. The minimum Gasteiger partial charge on any atom is -0.296 e. The molecule has 0 spiro atoms.